The van der Waals surface area contributed by atoms with Gasteiger partial charge >= 0.3 is 0 Å². The lowest BCUT2D eigenvalue weighted by Gasteiger charge is -2.19. The number of amides is 1. The van der Waals surface area contributed by atoms with E-state index < -0.39 is 6.04 Å². The lowest BCUT2D eigenvalue weighted by Crippen LogP contribution is -2.39. The quantitative estimate of drug-likeness (QED) is 0.781. The van der Waals surface area contributed by atoms with Crippen molar-refractivity contribution >= 4 is 5.91 Å². The van der Waals surface area contributed by atoms with Crippen LogP contribution < -0.4 is 10.1 Å². The Balaban J connectivity index is 1.45. The van der Waals surface area contributed by atoms with Gasteiger partial charge in [-0.1, -0.05) is 48.5 Å². The number of fused-ring (bicyclic) bond motifs is 1. The van der Waals surface area contributed by atoms with Gasteiger partial charge in [-0.05, 0) is 23.3 Å². The molecule has 5 nitrogen and oxygen atoms in total. The van der Waals surface area contributed by atoms with Crippen molar-refractivity contribution in [2.75, 3.05) is 6.54 Å². The van der Waals surface area contributed by atoms with Crippen LogP contribution in [0.25, 0.3) is 0 Å². The van der Waals surface area contributed by atoms with Crippen LogP contribution >= 0.6 is 0 Å². The summed E-state index contributed by atoms with van der Waals surface area (Å²) in [4.78, 5) is 12.8. The molecule has 0 saturated heterocycles. The van der Waals surface area contributed by atoms with Crippen molar-refractivity contribution in [2.45, 2.75) is 18.6 Å². The number of ether oxygens (including phenoxy) is 1. The predicted molar refractivity (Wildman–Crippen MR) is 94.4 cm³/mol. The van der Waals surface area contributed by atoms with Crippen molar-refractivity contribution < 1.29 is 9.53 Å². The molecule has 1 aliphatic rings. The summed E-state index contributed by atoms with van der Waals surface area (Å²) in [6, 6.07) is 19.0. The standard InChI is InChI=1S/C20H19N3O2/c24-20(21-14-17-13-16-9-4-5-10-18(16)25-17)19(23-12-6-11-22-23)15-7-2-1-3-8-15/h1-12,17,19H,13-14H2,(H,21,24). The van der Waals surface area contributed by atoms with Gasteiger partial charge < -0.3 is 10.1 Å². The lowest BCUT2D eigenvalue weighted by atomic mass is 10.1. The number of aromatic nitrogens is 2. The molecule has 4 rings (SSSR count). The van der Waals surface area contributed by atoms with Crippen LogP contribution in [0.1, 0.15) is 17.2 Å². The van der Waals surface area contributed by atoms with E-state index in [1.165, 1.54) is 5.56 Å². The zero-order valence-corrected chi connectivity index (χ0v) is 13.7. The number of hydrogen-bond acceptors (Lipinski definition) is 3. The van der Waals surface area contributed by atoms with Crippen molar-refractivity contribution in [3.8, 4) is 5.75 Å². The molecule has 3 aromatic rings. The minimum absolute atomic E-state index is 0.0320. The number of rotatable bonds is 5. The SMILES string of the molecule is O=C(NCC1Cc2ccccc2O1)C(c1ccccc1)n1cccn1. The largest absolute Gasteiger partial charge is 0.488 e. The second-order valence-electron chi connectivity index (χ2n) is 6.10. The van der Waals surface area contributed by atoms with Crippen molar-refractivity contribution in [3.63, 3.8) is 0 Å². The number of nitrogens with one attached hydrogen (secondary N) is 1. The summed E-state index contributed by atoms with van der Waals surface area (Å²) < 4.78 is 7.57. The van der Waals surface area contributed by atoms with Gasteiger partial charge in [0.15, 0.2) is 6.04 Å². The highest BCUT2D eigenvalue weighted by Gasteiger charge is 2.26. The van der Waals surface area contributed by atoms with E-state index in [9.17, 15) is 4.79 Å². The van der Waals surface area contributed by atoms with Crippen LogP contribution in [0.5, 0.6) is 5.75 Å². The zero-order valence-electron chi connectivity index (χ0n) is 13.7. The van der Waals surface area contributed by atoms with E-state index in [1.54, 1.807) is 17.1 Å². The Labute approximate surface area is 146 Å². The fourth-order valence-corrected chi connectivity index (χ4v) is 3.17. The number of benzene rings is 2. The molecule has 126 valence electrons. The van der Waals surface area contributed by atoms with Crippen LogP contribution in [-0.4, -0.2) is 28.3 Å². The van der Waals surface area contributed by atoms with E-state index in [-0.39, 0.29) is 12.0 Å². The minimum Gasteiger partial charge on any atom is -0.488 e. The summed E-state index contributed by atoms with van der Waals surface area (Å²) in [5.41, 5.74) is 2.09. The van der Waals surface area contributed by atoms with Gasteiger partial charge in [0, 0.05) is 18.8 Å². The molecular formula is C20H19N3O2. The monoisotopic (exact) mass is 333 g/mol. The normalized spacial score (nSPS) is 16.7. The second-order valence-corrected chi connectivity index (χ2v) is 6.10. The Hall–Kier alpha value is -3.08. The topological polar surface area (TPSA) is 56.1 Å². The first-order chi connectivity index (χ1) is 12.3. The first-order valence-electron chi connectivity index (χ1n) is 8.37. The Bertz CT molecular complexity index is 821. The zero-order chi connectivity index (χ0) is 17.1. The fourth-order valence-electron chi connectivity index (χ4n) is 3.17. The Morgan fingerprint density at radius 1 is 1.16 bits per heavy atom. The van der Waals surface area contributed by atoms with E-state index in [0.29, 0.717) is 6.54 Å². The van der Waals surface area contributed by atoms with Gasteiger partial charge in [0.05, 0.1) is 6.54 Å². The Morgan fingerprint density at radius 3 is 2.72 bits per heavy atom. The van der Waals surface area contributed by atoms with E-state index in [0.717, 1.165) is 17.7 Å². The third-order valence-electron chi connectivity index (χ3n) is 4.37. The van der Waals surface area contributed by atoms with Crippen LogP contribution in [0, 0.1) is 0 Å². The second kappa shape index (κ2) is 6.81. The lowest BCUT2D eigenvalue weighted by molar-refractivity contribution is -0.123. The number of carbonyl (C=O) groups is 1. The van der Waals surface area contributed by atoms with Gasteiger partial charge in [0.25, 0.3) is 0 Å². The average Bonchev–Trinajstić information content (AvgIpc) is 3.30. The molecule has 0 bridgehead atoms. The molecular weight excluding hydrogens is 314 g/mol. The van der Waals surface area contributed by atoms with Crippen molar-refractivity contribution in [1.82, 2.24) is 15.1 Å². The number of carbonyl (C=O) groups excluding carboxylic acids is 1. The first-order valence-corrected chi connectivity index (χ1v) is 8.37. The molecule has 2 atom stereocenters. The Morgan fingerprint density at radius 2 is 1.96 bits per heavy atom. The molecule has 0 spiro atoms. The molecule has 2 aromatic carbocycles. The average molecular weight is 333 g/mol. The molecule has 0 fully saturated rings. The summed E-state index contributed by atoms with van der Waals surface area (Å²) >= 11 is 0. The predicted octanol–water partition coefficient (Wildman–Crippen LogP) is 2.59. The van der Waals surface area contributed by atoms with Crippen LogP contribution in [0.15, 0.2) is 73.1 Å². The minimum atomic E-state index is -0.486. The molecule has 1 aliphatic heterocycles. The molecule has 2 unspecified atom stereocenters. The van der Waals surface area contributed by atoms with Crippen molar-refractivity contribution in [1.29, 1.82) is 0 Å². The summed E-state index contributed by atoms with van der Waals surface area (Å²) in [7, 11) is 0. The highest BCUT2D eigenvalue weighted by Crippen LogP contribution is 2.28. The van der Waals surface area contributed by atoms with Crippen LogP contribution in [0.3, 0.4) is 0 Å². The molecule has 0 radical (unpaired) electrons. The maximum Gasteiger partial charge on any atom is 0.249 e. The van der Waals surface area contributed by atoms with Gasteiger partial charge in [-0.25, -0.2) is 0 Å². The number of nitrogens with zero attached hydrogens (tertiary/aromatic N) is 2. The van der Waals surface area contributed by atoms with Crippen molar-refractivity contribution in [2.24, 2.45) is 0 Å². The van der Waals surface area contributed by atoms with Gasteiger partial charge in [-0.15, -0.1) is 0 Å². The molecule has 0 aliphatic carbocycles. The summed E-state index contributed by atoms with van der Waals surface area (Å²) in [5, 5.41) is 7.27. The van der Waals surface area contributed by atoms with Gasteiger partial charge in [-0.2, -0.15) is 5.10 Å². The van der Waals surface area contributed by atoms with E-state index in [2.05, 4.69) is 16.5 Å². The van der Waals surface area contributed by atoms with Crippen molar-refractivity contribution in [3.05, 3.63) is 84.2 Å². The molecule has 2 heterocycles. The van der Waals surface area contributed by atoms with E-state index >= 15 is 0 Å². The van der Waals surface area contributed by atoms with Crippen LogP contribution in [-0.2, 0) is 11.2 Å². The summed E-state index contributed by atoms with van der Waals surface area (Å²) in [6.45, 7) is 0.470. The maximum absolute atomic E-state index is 12.8. The third kappa shape index (κ3) is 3.26. The van der Waals surface area contributed by atoms with Crippen LogP contribution in [0.4, 0.5) is 0 Å². The molecule has 1 N–H and O–H groups in total. The Kier molecular flexibility index (Phi) is 4.21. The maximum atomic E-state index is 12.8. The summed E-state index contributed by atoms with van der Waals surface area (Å²) in [5.74, 6) is 0.822. The van der Waals surface area contributed by atoms with E-state index in [1.807, 2.05) is 54.6 Å². The van der Waals surface area contributed by atoms with Gasteiger partial charge in [0.2, 0.25) is 5.91 Å². The van der Waals surface area contributed by atoms with E-state index in [4.69, 9.17) is 4.74 Å². The summed E-state index contributed by atoms with van der Waals surface area (Å²) in [6.07, 6.45) is 4.27. The molecule has 1 aromatic heterocycles. The number of hydrogen-bond donors (Lipinski definition) is 1. The first kappa shape index (κ1) is 15.4. The third-order valence-corrected chi connectivity index (χ3v) is 4.37. The highest BCUT2D eigenvalue weighted by molar-refractivity contribution is 5.83. The highest BCUT2D eigenvalue weighted by atomic mass is 16.5. The fraction of sp³-hybridized carbons (Fsp3) is 0.200. The molecule has 5 heteroatoms. The number of para-hydroxylation sites is 1. The molecule has 0 saturated carbocycles. The van der Waals surface area contributed by atoms with Crippen LogP contribution in [0.2, 0.25) is 0 Å². The van der Waals surface area contributed by atoms with Gasteiger partial charge in [-0.3, -0.25) is 9.48 Å². The smallest absolute Gasteiger partial charge is 0.249 e. The van der Waals surface area contributed by atoms with Gasteiger partial charge in [0.1, 0.15) is 11.9 Å². The molecule has 1 amide bonds. The molecule has 25 heavy (non-hydrogen) atoms.